The predicted octanol–water partition coefficient (Wildman–Crippen LogP) is 1.59. The van der Waals surface area contributed by atoms with E-state index < -0.39 is 0 Å². The molecule has 4 nitrogen and oxygen atoms in total. The van der Waals surface area contributed by atoms with Gasteiger partial charge in [0, 0.05) is 11.1 Å². The lowest BCUT2D eigenvalue weighted by molar-refractivity contribution is 0.672. The van der Waals surface area contributed by atoms with E-state index >= 15 is 0 Å². The van der Waals surface area contributed by atoms with Crippen LogP contribution in [0.1, 0.15) is 15.6 Å². The lowest BCUT2D eigenvalue weighted by atomic mass is 10.4. The van der Waals surface area contributed by atoms with Crippen molar-refractivity contribution in [1.29, 1.82) is 0 Å². The summed E-state index contributed by atoms with van der Waals surface area (Å²) in [5.74, 6) is 0. The van der Waals surface area contributed by atoms with Crippen LogP contribution in [0.25, 0.3) is 0 Å². The van der Waals surface area contributed by atoms with E-state index in [0.717, 1.165) is 22.9 Å². The van der Waals surface area contributed by atoms with Gasteiger partial charge >= 0.3 is 0 Å². The van der Waals surface area contributed by atoms with E-state index in [2.05, 4.69) is 10.1 Å². The summed E-state index contributed by atoms with van der Waals surface area (Å²) in [6.07, 6.45) is 3.57. The van der Waals surface area contributed by atoms with Gasteiger partial charge in [0.25, 0.3) is 0 Å². The lowest BCUT2D eigenvalue weighted by Gasteiger charge is -2.00. The molecular formula is C9H12N4S. The maximum absolute atomic E-state index is 5.70. The van der Waals surface area contributed by atoms with Crippen molar-refractivity contribution < 1.29 is 0 Å². The quantitative estimate of drug-likeness (QED) is 0.815. The van der Waals surface area contributed by atoms with Crippen LogP contribution in [0, 0.1) is 13.8 Å². The van der Waals surface area contributed by atoms with E-state index in [1.807, 2.05) is 24.7 Å². The minimum absolute atomic E-state index is 0.742. The molecule has 0 radical (unpaired) electrons. The first-order valence-electron chi connectivity index (χ1n) is 4.36. The number of hydrogen-bond donors (Lipinski definition) is 1. The number of anilines is 1. The molecule has 0 unspecified atom stereocenters. The summed E-state index contributed by atoms with van der Waals surface area (Å²) in [5.41, 5.74) is 7.46. The third kappa shape index (κ3) is 1.63. The van der Waals surface area contributed by atoms with Crippen molar-refractivity contribution in [3.8, 4) is 0 Å². The topological polar surface area (TPSA) is 56.7 Å². The van der Waals surface area contributed by atoms with Crippen LogP contribution in [0.4, 0.5) is 5.69 Å². The number of nitrogens with zero attached hydrogens (tertiary/aromatic N) is 3. The molecular weight excluding hydrogens is 196 g/mol. The first-order valence-corrected chi connectivity index (χ1v) is 5.17. The molecule has 0 aliphatic rings. The molecule has 0 aliphatic heterocycles. The van der Waals surface area contributed by atoms with Crippen molar-refractivity contribution in [1.82, 2.24) is 14.8 Å². The Morgan fingerprint density at radius 2 is 2.21 bits per heavy atom. The average Bonchev–Trinajstić information content (AvgIpc) is 2.67. The normalized spacial score (nSPS) is 10.7. The third-order valence-electron chi connectivity index (χ3n) is 2.12. The summed E-state index contributed by atoms with van der Waals surface area (Å²) in [6, 6.07) is 0. The summed E-state index contributed by atoms with van der Waals surface area (Å²) >= 11 is 1.69. The van der Waals surface area contributed by atoms with Crippen molar-refractivity contribution in [2.45, 2.75) is 20.4 Å². The Morgan fingerprint density at radius 3 is 2.71 bits per heavy atom. The molecule has 2 rings (SSSR count). The minimum Gasteiger partial charge on any atom is -0.396 e. The van der Waals surface area contributed by atoms with Crippen molar-refractivity contribution in [3.05, 3.63) is 28.0 Å². The fraction of sp³-hybridized carbons (Fsp3) is 0.333. The zero-order chi connectivity index (χ0) is 10.1. The zero-order valence-corrected chi connectivity index (χ0v) is 9.01. The molecule has 5 heteroatoms. The molecule has 0 atom stereocenters. The number of hydrogen-bond acceptors (Lipinski definition) is 4. The number of aryl methyl sites for hydroxylation is 1. The molecule has 0 bridgehead atoms. The molecule has 14 heavy (non-hydrogen) atoms. The van der Waals surface area contributed by atoms with Crippen LogP contribution >= 0.6 is 11.3 Å². The lowest BCUT2D eigenvalue weighted by Crippen LogP contribution is -2.02. The Hall–Kier alpha value is -1.36. The summed E-state index contributed by atoms with van der Waals surface area (Å²) in [5, 5.41) is 5.27. The summed E-state index contributed by atoms with van der Waals surface area (Å²) in [4.78, 5) is 5.40. The van der Waals surface area contributed by atoms with Crippen LogP contribution in [-0.4, -0.2) is 14.8 Å². The smallest absolute Gasteiger partial charge is 0.0897 e. The highest BCUT2D eigenvalue weighted by atomic mass is 32.1. The number of thiazole rings is 1. The molecule has 2 heterocycles. The van der Waals surface area contributed by atoms with E-state index in [0.29, 0.717) is 0 Å². The maximum Gasteiger partial charge on any atom is 0.0897 e. The average molecular weight is 208 g/mol. The molecule has 0 fully saturated rings. The summed E-state index contributed by atoms with van der Waals surface area (Å²) < 4.78 is 1.89. The van der Waals surface area contributed by atoms with Gasteiger partial charge in [-0.05, 0) is 13.8 Å². The second kappa shape index (κ2) is 3.42. The van der Waals surface area contributed by atoms with E-state index in [-0.39, 0.29) is 0 Å². The zero-order valence-electron chi connectivity index (χ0n) is 8.19. The fourth-order valence-corrected chi connectivity index (χ4v) is 2.02. The fourth-order valence-electron chi connectivity index (χ4n) is 1.25. The highest BCUT2D eigenvalue weighted by Crippen LogP contribution is 2.15. The van der Waals surface area contributed by atoms with Gasteiger partial charge in [-0.1, -0.05) is 0 Å². The third-order valence-corrected chi connectivity index (χ3v) is 3.01. The highest BCUT2D eigenvalue weighted by molar-refractivity contribution is 7.11. The van der Waals surface area contributed by atoms with Gasteiger partial charge < -0.3 is 5.73 Å². The minimum atomic E-state index is 0.742. The summed E-state index contributed by atoms with van der Waals surface area (Å²) in [7, 11) is 0. The number of nitrogens with two attached hydrogens (primary N) is 1. The maximum atomic E-state index is 5.70. The van der Waals surface area contributed by atoms with Crippen LogP contribution < -0.4 is 5.73 Å². The van der Waals surface area contributed by atoms with Crippen LogP contribution in [0.5, 0.6) is 0 Å². The molecule has 0 aliphatic carbocycles. The van der Waals surface area contributed by atoms with E-state index in [9.17, 15) is 0 Å². The summed E-state index contributed by atoms with van der Waals surface area (Å²) in [6.45, 7) is 4.73. The van der Waals surface area contributed by atoms with Gasteiger partial charge in [-0.25, -0.2) is 4.98 Å². The Balaban J connectivity index is 2.22. The number of rotatable bonds is 2. The van der Waals surface area contributed by atoms with E-state index in [1.165, 1.54) is 4.88 Å². The highest BCUT2D eigenvalue weighted by Gasteiger charge is 2.05. The van der Waals surface area contributed by atoms with Gasteiger partial charge in [0.1, 0.15) is 0 Å². The van der Waals surface area contributed by atoms with Crippen molar-refractivity contribution in [2.75, 3.05) is 5.73 Å². The van der Waals surface area contributed by atoms with Crippen molar-refractivity contribution in [3.63, 3.8) is 0 Å². The molecule has 0 saturated carbocycles. The van der Waals surface area contributed by atoms with Crippen LogP contribution in [-0.2, 0) is 6.54 Å². The van der Waals surface area contributed by atoms with Crippen LogP contribution in [0.15, 0.2) is 12.4 Å². The molecule has 2 N–H and O–H groups in total. The largest absolute Gasteiger partial charge is 0.396 e. The molecule has 0 saturated heterocycles. The molecule has 0 aromatic carbocycles. The number of aromatic nitrogens is 3. The van der Waals surface area contributed by atoms with Gasteiger partial charge in [-0.15, -0.1) is 11.3 Å². The molecule has 74 valence electrons. The Labute approximate surface area is 86.4 Å². The van der Waals surface area contributed by atoms with Gasteiger partial charge in [0.05, 0.1) is 29.1 Å². The van der Waals surface area contributed by atoms with E-state index in [4.69, 9.17) is 5.73 Å². The van der Waals surface area contributed by atoms with Gasteiger partial charge in [0.2, 0.25) is 0 Å². The molecule has 0 amide bonds. The molecule has 2 aromatic heterocycles. The Bertz CT molecular complexity index is 443. The van der Waals surface area contributed by atoms with E-state index in [1.54, 1.807) is 17.5 Å². The van der Waals surface area contributed by atoms with Crippen molar-refractivity contribution >= 4 is 17.0 Å². The second-order valence-electron chi connectivity index (χ2n) is 3.19. The predicted molar refractivity (Wildman–Crippen MR) is 57.3 cm³/mol. The van der Waals surface area contributed by atoms with Gasteiger partial charge in [0.15, 0.2) is 0 Å². The molecule has 2 aromatic rings. The van der Waals surface area contributed by atoms with Crippen LogP contribution in [0.3, 0.4) is 0 Å². The number of nitrogen functional groups attached to an aromatic ring is 1. The van der Waals surface area contributed by atoms with Gasteiger partial charge in [-0.3, -0.25) is 4.68 Å². The first kappa shape index (κ1) is 9.21. The second-order valence-corrected chi connectivity index (χ2v) is 4.51. The SMILES string of the molecule is Cc1ncc(Cn2ncc(N)c2C)s1. The van der Waals surface area contributed by atoms with Crippen molar-refractivity contribution in [2.24, 2.45) is 0 Å². The molecule has 0 spiro atoms. The first-order chi connectivity index (χ1) is 6.66. The Kier molecular flexibility index (Phi) is 2.25. The Morgan fingerprint density at radius 1 is 1.43 bits per heavy atom. The van der Waals surface area contributed by atoms with Gasteiger partial charge in [-0.2, -0.15) is 5.10 Å². The van der Waals surface area contributed by atoms with Crippen LogP contribution in [0.2, 0.25) is 0 Å². The monoisotopic (exact) mass is 208 g/mol. The standard InChI is InChI=1S/C9H12N4S/c1-6-9(10)4-12-13(6)5-8-3-11-7(2)14-8/h3-4H,5,10H2,1-2H3.